The Labute approximate surface area is 202 Å². The number of benzene rings is 2. The molecule has 3 rings (SSSR count). The Bertz CT molecular complexity index is 1190. The highest BCUT2D eigenvalue weighted by Gasteiger charge is 2.34. The molecule has 0 fully saturated rings. The lowest BCUT2D eigenvalue weighted by molar-refractivity contribution is -0.138. The molecule has 0 aromatic heterocycles. The Hall–Kier alpha value is -3.78. The van der Waals surface area contributed by atoms with Gasteiger partial charge >= 0.3 is 5.97 Å². The number of carbonyl (C=O) groups is 2. The minimum Gasteiger partial charge on any atom is -0.506 e. The lowest BCUT2D eigenvalue weighted by Gasteiger charge is -2.10. The number of aliphatic imine (C=N–C) groups is 1. The third kappa shape index (κ3) is 5.77. The first-order valence-electron chi connectivity index (χ1n) is 10.5. The van der Waals surface area contributed by atoms with Crippen LogP contribution >= 0.6 is 11.8 Å². The molecule has 2 aromatic carbocycles. The third-order valence-electron chi connectivity index (χ3n) is 4.71. The van der Waals surface area contributed by atoms with Gasteiger partial charge in [-0.2, -0.15) is 0 Å². The van der Waals surface area contributed by atoms with Crippen molar-refractivity contribution < 1.29 is 28.9 Å². The normalized spacial score (nSPS) is 15.5. The van der Waals surface area contributed by atoms with Crippen LogP contribution in [0.3, 0.4) is 0 Å². The molecule has 1 heterocycles. The fourth-order valence-corrected chi connectivity index (χ4v) is 4.05. The molecule has 0 spiro atoms. The molecule has 7 nitrogen and oxygen atoms in total. The third-order valence-corrected chi connectivity index (χ3v) is 5.73. The fourth-order valence-electron chi connectivity index (χ4n) is 3.04. The zero-order valence-corrected chi connectivity index (χ0v) is 20.0. The van der Waals surface area contributed by atoms with Crippen molar-refractivity contribution in [2.24, 2.45) is 4.99 Å². The smallest absolute Gasteiger partial charge is 0.344 e. The van der Waals surface area contributed by atoms with E-state index in [-0.39, 0.29) is 23.0 Å². The number of thioether (sulfide) groups is 1. The molecule has 176 valence electrons. The number of hydrogen-bond acceptors (Lipinski definition) is 7. The zero-order valence-electron chi connectivity index (χ0n) is 19.2. The number of aliphatic hydroxyl groups is 1. The summed E-state index contributed by atoms with van der Waals surface area (Å²) in [5.74, 6) is -0.538. The summed E-state index contributed by atoms with van der Waals surface area (Å²) in [7, 11) is 1.52. The number of nitrogens with zero attached hydrogens (tertiary/aromatic N) is 1. The average molecular weight is 480 g/mol. The maximum atomic E-state index is 12.7. The minimum absolute atomic E-state index is 0.0747. The van der Waals surface area contributed by atoms with E-state index < -0.39 is 11.9 Å². The van der Waals surface area contributed by atoms with E-state index in [0.29, 0.717) is 34.1 Å². The molecule has 0 saturated carbocycles. The van der Waals surface area contributed by atoms with E-state index in [9.17, 15) is 14.7 Å². The van der Waals surface area contributed by atoms with E-state index in [1.807, 2.05) is 6.92 Å². The second-order valence-corrected chi connectivity index (χ2v) is 8.18. The van der Waals surface area contributed by atoms with Crippen LogP contribution in [0.2, 0.25) is 0 Å². The Morgan fingerprint density at radius 2 is 1.88 bits per heavy atom. The second kappa shape index (κ2) is 11.4. The van der Waals surface area contributed by atoms with Gasteiger partial charge in [-0.1, -0.05) is 48.2 Å². The molecule has 0 radical (unpaired) electrons. The number of esters is 1. The molecular formula is C26H25NO6S. The van der Waals surface area contributed by atoms with Crippen molar-refractivity contribution in [3.8, 4) is 11.5 Å². The molecule has 0 unspecified atom stereocenters. The van der Waals surface area contributed by atoms with Gasteiger partial charge in [0.2, 0.25) is 0 Å². The first-order chi connectivity index (χ1) is 16.4. The van der Waals surface area contributed by atoms with Crippen LogP contribution in [0.5, 0.6) is 11.5 Å². The van der Waals surface area contributed by atoms with Gasteiger partial charge in [0, 0.05) is 5.56 Å². The van der Waals surface area contributed by atoms with E-state index >= 15 is 0 Å². The number of rotatable bonds is 8. The summed E-state index contributed by atoms with van der Waals surface area (Å²) in [4.78, 5) is 29.7. The molecule has 1 aliphatic rings. The van der Waals surface area contributed by atoms with Crippen molar-refractivity contribution in [3.05, 3.63) is 88.0 Å². The zero-order chi connectivity index (χ0) is 24.7. The van der Waals surface area contributed by atoms with Crippen LogP contribution < -0.4 is 9.47 Å². The van der Waals surface area contributed by atoms with Gasteiger partial charge in [0.1, 0.15) is 23.0 Å². The lowest BCUT2D eigenvalue weighted by Crippen LogP contribution is -2.14. The average Bonchev–Trinajstić information content (AvgIpc) is 3.12. The van der Waals surface area contributed by atoms with E-state index in [4.69, 9.17) is 14.2 Å². The predicted octanol–water partition coefficient (Wildman–Crippen LogP) is 5.27. The van der Waals surface area contributed by atoms with Crippen LogP contribution in [0.25, 0.3) is 6.08 Å². The molecule has 0 aliphatic carbocycles. The number of amides is 1. The van der Waals surface area contributed by atoms with Crippen molar-refractivity contribution in [1.29, 1.82) is 0 Å². The summed E-state index contributed by atoms with van der Waals surface area (Å²) in [6.07, 6.45) is 3.29. The summed E-state index contributed by atoms with van der Waals surface area (Å²) in [6.45, 7) is 7.64. The maximum absolute atomic E-state index is 12.7. The predicted molar refractivity (Wildman–Crippen MR) is 133 cm³/mol. The van der Waals surface area contributed by atoms with Crippen LogP contribution in [0.1, 0.15) is 28.4 Å². The van der Waals surface area contributed by atoms with Crippen LogP contribution in [-0.2, 0) is 9.53 Å². The van der Waals surface area contributed by atoms with Gasteiger partial charge in [0.15, 0.2) is 11.5 Å². The molecule has 34 heavy (non-hydrogen) atoms. The molecule has 8 heteroatoms. The molecule has 1 aliphatic heterocycles. The van der Waals surface area contributed by atoms with E-state index in [1.54, 1.807) is 61.5 Å². The van der Waals surface area contributed by atoms with Crippen molar-refractivity contribution in [2.75, 3.05) is 20.3 Å². The van der Waals surface area contributed by atoms with Crippen LogP contribution in [0.15, 0.2) is 76.3 Å². The van der Waals surface area contributed by atoms with Gasteiger partial charge < -0.3 is 19.3 Å². The van der Waals surface area contributed by atoms with Gasteiger partial charge in [-0.25, -0.2) is 9.79 Å². The fraction of sp³-hybridized carbons (Fsp3) is 0.192. The highest BCUT2D eigenvalue weighted by molar-refractivity contribution is 8.18. The minimum atomic E-state index is -0.753. The quantitative estimate of drug-likeness (QED) is 0.407. The van der Waals surface area contributed by atoms with Gasteiger partial charge in [0.25, 0.3) is 5.91 Å². The molecule has 0 saturated heterocycles. The summed E-state index contributed by atoms with van der Waals surface area (Å²) < 4.78 is 16.0. The first kappa shape index (κ1) is 24.9. The van der Waals surface area contributed by atoms with Crippen LogP contribution in [0.4, 0.5) is 0 Å². The number of methoxy groups -OCH3 is 1. The Morgan fingerprint density at radius 1 is 1.15 bits per heavy atom. The highest BCUT2D eigenvalue weighted by Crippen LogP contribution is 2.40. The van der Waals surface area contributed by atoms with Crippen LogP contribution in [-0.4, -0.2) is 42.4 Å². The Balaban J connectivity index is 1.98. The van der Waals surface area contributed by atoms with Crippen molar-refractivity contribution >= 4 is 34.8 Å². The summed E-state index contributed by atoms with van der Waals surface area (Å²) in [6, 6.07) is 12.2. The van der Waals surface area contributed by atoms with Gasteiger partial charge in [-0.15, -0.1) is 0 Å². The molecule has 2 aromatic rings. The maximum Gasteiger partial charge on any atom is 0.344 e. The first-order valence-corrected chi connectivity index (χ1v) is 11.3. The lowest BCUT2D eigenvalue weighted by atomic mass is 10.1. The second-order valence-electron chi connectivity index (χ2n) is 7.15. The largest absolute Gasteiger partial charge is 0.506 e. The SMILES string of the molecule is C=CCOc1ccc(/C=C2\SC(=NC(=O)c3ccc(C)cc3)C(C(=O)OCC)=C2O)cc1OC. The summed E-state index contributed by atoms with van der Waals surface area (Å²) >= 11 is 1.01. The highest BCUT2D eigenvalue weighted by atomic mass is 32.2. The standard InChI is InChI=1S/C26H25NO6S/c1-5-13-33-19-12-9-17(14-20(19)31-4)15-21-23(28)22(26(30)32-6-2)25(34-21)27-24(29)18-10-7-16(3)8-11-18/h5,7-12,14-15,28H,1,6,13H2,2-4H3/b21-15-,27-25?. The van der Waals surface area contributed by atoms with Crippen LogP contribution in [0, 0.1) is 6.92 Å². The topological polar surface area (TPSA) is 94.4 Å². The number of hydrogen-bond donors (Lipinski definition) is 1. The molecule has 0 bridgehead atoms. The van der Waals surface area contributed by atoms with E-state index in [0.717, 1.165) is 17.3 Å². The number of ether oxygens (including phenoxy) is 3. The summed E-state index contributed by atoms with van der Waals surface area (Å²) in [5, 5.41) is 10.9. The van der Waals surface area contributed by atoms with Gasteiger partial charge in [-0.05, 0) is 49.8 Å². The van der Waals surface area contributed by atoms with E-state index in [1.165, 1.54) is 7.11 Å². The molecule has 1 N–H and O–H groups in total. The molecular weight excluding hydrogens is 454 g/mol. The molecule has 1 amide bonds. The van der Waals surface area contributed by atoms with Crippen molar-refractivity contribution in [1.82, 2.24) is 0 Å². The van der Waals surface area contributed by atoms with Crippen molar-refractivity contribution in [3.63, 3.8) is 0 Å². The van der Waals surface area contributed by atoms with E-state index in [2.05, 4.69) is 11.6 Å². The number of aliphatic hydroxyl groups excluding tert-OH is 1. The van der Waals surface area contributed by atoms with Gasteiger partial charge in [-0.3, -0.25) is 4.79 Å². The monoisotopic (exact) mass is 479 g/mol. The Morgan fingerprint density at radius 3 is 2.53 bits per heavy atom. The molecule has 0 atom stereocenters. The number of carbonyl (C=O) groups excluding carboxylic acids is 2. The van der Waals surface area contributed by atoms with Gasteiger partial charge in [0.05, 0.1) is 18.6 Å². The summed E-state index contributed by atoms with van der Waals surface area (Å²) in [5.41, 5.74) is 1.92. The van der Waals surface area contributed by atoms with Crippen molar-refractivity contribution in [2.45, 2.75) is 13.8 Å². The number of aryl methyl sites for hydroxylation is 1. The Kier molecular flexibility index (Phi) is 8.32.